The minimum absolute atomic E-state index is 0.207. The zero-order chi connectivity index (χ0) is 19.3. The van der Waals surface area contributed by atoms with Crippen LogP contribution in [0.4, 0.5) is 0 Å². The third-order valence-corrected chi connectivity index (χ3v) is 5.70. The summed E-state index contributed by atoms with van der Waals surface area (Å²) in [5.41, 5.74) is 2.90. The minimum atomic E-state index is -3.70. The van der Waals surface area contributed by atoms with Crippen LogP contribution >= 0.6 is 0 Å². The normalized spacial score (nSPS) is 12.5. The number of aryl methyl sites for hydroxylation is 1. The highest BCUT2D eigenvalue weighted by Crippen LogP contribution is 2.25. The molecule has 1 atom stereocenters. The van der Waals surface area contributed by atoms with Gasteiger partial charge >= 0.3 is 0 Å². The Morgan fingerprint density at radius 3 is 2.04 bits per heavy atom. The topological polar surface area (TPSA) is 55.4 Å². The van der Waals surface area contributed by atoms with E-state index in [1.807, 2.05) is 68.4 Å². The summed E-state index contributed by atoms with van der Waals surface area (Å²) in [7, 11) is -3.70. The van der Waals surface area contributed by atoms with E-state index in [-0.39, 0.29) is 4.90 Å². The van der Waals surface area contributed by atoms with Crippen LogP contribution in [0, 0.1) is 6.92 Å². The highest BCUT2D eigenvalue weighted by atomic mass is 32.2. The van der Waals surface area contributed by atoms with Crippen LogP contribution in [0.1, 0.15) is 29.7 Å². The predicted molar refractivity (Wildman–Crippen MR) is 107 cm³/mol. The van der Waals surface area contributed by atoms with E-state index in [0.717, 1.165) is 16.7 Å². The number of benzene rings is 3. The molecule has 0 heterocycles. The average Bonchev–Trinajstić information content (AvgIpc) is 2.68. The summed E-state index contributed by atoms with van der Waals surface area (Å²) in [5.74, 6) is 0.648. The molecule has 0 bridgehead atoms. The monoisotopic (exact) mass is 381 g/mol. The van der Waals surface area contributed by atoms with Gasteiger partial charge in [-0.25, -0.2) is 8.42 Å². The van der Waals surface area contributed by atoms with Gasteiger partial charge in [0.05, 0.1) is 17.5 Å². The number of rotatable bonds is 7. The molecular weight excluding hydrogens is 358 g/mol. The number of sulfonamides is 1. The Hall–Kier alpha value is -2.63. The maximum Gasteiger partial charge on any atom is 0.241 e. The summed E-state index contributed by atoms with van der Waals surface area (Å²) in [5, 5.41) is 0. The van der Waals surface area contributed by atoms with Gasteiger partial charge in [0.25, 0.3) is 0 Å². The lowest BCUT2D eigenvalue weighted by molar-refractivity contribution is 0.340. The van der Waals surface area contributed by atoms with Gasteiger partial charge < -0.3 is 4.74 Å². The summed E-state index contributed by atoms with van der Waals surface area (Å²) in [6.07, 6.45) is 0. The Kier molecular flexibility index (Phi) is 5.94. The molecule has 27 heavy (non-hydrogen) atoms. The molecule has 0 aliphatic heterocycles. The van der Waals surface area contributed by atoms with Crippen molar-refractivity contribution < 1.29 is 13.2 Å². The highest BCUT2D eigenvalue weighted by molar-refractivity contribution is 7.89. The Morgan fingerprint density at radius 1 is 0.852 bits per heavy atom. The predicted octanol–water partition coefficient (Wildman–Crippen LogP) is 4.46. The van der Waals surface area contributed by atoms with Crippen molar-refractivity contribution in [3.63, 3.8) is 0 Å². The first kappa shape index (κ1) is 19.1. The van der Waals surface area contributed by atoms with E-state index in [9.17, 15) is 8.42 Å². The van der Waals surface area contributed by atoms with E-state index >= 15 is 0 Å². The van der Waals surface area contributed by atoms with Crippen LogP contribution in [-0.4, -0.2) is 15.0 Å². The lowest BCUT2D eigenvalue weighted by Gasteiger charge is -2.20. The lowest BCUT2D eigenvalue weighted by Crippen LogP contribution is -2.29. The first-order valence-electron chi connectivity index (χ1n) is 8.86. The van der Waals surface area contributed by atoms with Crippen LogP contribution in [0.25, 0.3) is 0 Å². The molecule has 0 saturated carbocycles. The van der Waals surface area contributed by atoms with Crippen LogP contribution in [0.5, 0.6) is 5.75 Å². The molecule has 0 saturated heterocycles. The Morgan fingerprint density at radius 2 is 1.44 bits per heavy atom. The molecule has 4 nitrogen and oxygen atoms in total. The molecule has 0 aliphatic carbocycles. The molecule has 1 N–H and O–H groups in total. The molecule has 0 fully saturated rings. The first-order valence-corrected chi connectivity index (χ1v) is 10.3. The van der Waals surface area contributed by atoms with Gasteiger partial charge in [0, 0.05) is 0 Å². The lowest BCUT2D eigenvalue weighted by atomic mass is 9.99. The van der Waals surface area contributed by atoms with E-state index in [4.69, 9.17) is 4.74 Å². The van der Waals surface area contributed by atoms with Gasteiger partial charge in [-0.1, -0.05) is 60.2 Å². The molecule has 0 amide bonds. The van der Waals surface area contributed by atoms with Crippen molar-refractivity contribution in [3.8, 4) is 5.75 Å². The van der Waals surface area contributed by atoms with E-state index in [1.165, 1.54) is 0 Å². The summed E-state index contributed by atoms with van der Waals surface area (Å²) in [6, 6.07) is 23.4. The van der Waals surface area contributed by atoms with Gasteiger partial charge in [-0.05, 0) is 49.2 Å². The number of ether oxygens (including phenoxy) is 1. The van der Waals surface area contributed by atoms with E-state index in [1.54, 1.807) is 24.3 Å². The second kappa shape index (κ2) is 8.37. The fraction of sp³-hybridized carbons (Fsp3) is 0.182. The van der Waals surface area contributed by atoms with Crippen molar-refractivity contribution in [2.24, 2.45) is 0 Å². The van der Waals surface area contributed by atoms with E-state index in [0.29, 0.717) is 12.4 Å². The average molecular weight is 381 g/mol. The standard InChI is InChI=1S/C22H23NO3S/c1-3-26-20-13-15-21(16-14-20)27(24,25)23-22(18-7-5-4-6-8-18)19-11-9-17(2)10-12-19/h4-16,22-23H,3H2,1-2H3/t22-/m0/s1. The van der Waals surface area contributed by atoms with E-state index in [2.05, 4.69) is 4.72 Å². The second-order valence-electron chi connectivity index (χ2n) is 6.28. The van der Waals surface area contributed by atoms with Crippen LogP contribution in [0.2, 0.25) is 0 Å². The molecule has 0 aliphatic rings. The van der Waals surface area contributed by atoms with Gasteiger partial charge in [-0.15, -0.1) is 0 Å². The smallest absolute Gasteiger partial charge is 0.241 e. The SMILES string of the molecule is CCOc1ccc(S(=O)(=O)N[C@@H](c2ccccc2)c2ccc(C)cc2)cc1. The molecular formula is C22H23NO3S. The van der Waals surface area contributed by atoms with Crippen molar-refractivity contribution in [2.75, 3.05) is 6.61 Å². The first-order chi connectivity index (χ1) is 13.0. The third kappa shape index (κ3) is 4.76. The van der Waals surface area contributed by atoms with Crippen molar-refractivity contribution in [3.05, 3.63) is 95.6 Å². The highest BCUT2D eigenvalue weighted by Gasteiger charge is 2.23. The maximum absolute atomic E-state index is 13.0. The Bertz CT molecular complexity index is 966. The zero-order valence-corrected chi connectivity index (χ0v) is 16.2. The largest absolute Gasteiger partial charge is 0.494 e. The Labute approximate surface area is 160 Å². The van der Waals surface area contributed by atoms with Crippen LogP contribution in [0.3, 0.4) is 0 Å². The zero-order valence-electron chi connectivity index (χ0n) is 15.4. The minimum Gasteiger partial charge on any atom is -0.494 e. The molecule has 3 rings (SSSR count). The molecule has 0 unspecified atom stereocenters. The van der Waals surface area contributed by atoms with Crippen molar-refractivity contribution >= 4 is 10.0 Å². The second-order valence-corrected chi connectivity index (χ2v) is 7.99. The number of hydrogen-bond acceptors (Lipinski definition) is 3. The van der Waals surface area contributed by atoms with Crippen molar-refractivity contribution in [1.82, 2.24) is 4.72 Å². The van der Waals surface area contributed by atoms with Crippen molar-refractivity contribution in [1.29, 1.82) is 0 Å². The fourth-order valence-corrected chi connectivity index (χ4v) is 4.05. The summed E-state index contributed by atoms with van der Waals surface area (Å²) in [4.78, 5) is 0.207. The van der Waals surface area contributed by atoms with Crippen LogP contribution in [-0.2, 0) is 10.0 Å². The molecule has 0 aromatic heterocycles. The molecule has 3 aromatic rings. The number of hydrogen-bond donors (Lipinski definition) is 1. The third-order valence-electron chi connectivity index (χ3n) is 4.26. The summed E-state index contributed by atoms with van der Waals surface area (Å²) < 4.78 is 34.2. The number of nitrogens with one attached hydrogen (secondary N) is 1. The quantitative estimate of drug-likeness (QED) is 0.657. The van der Waals surface area contributed by atoms with E-state index < -0.39 is 16.1 Å². The van der Waals surface area contributed by atoms with Crippen molar-refractivity contribution in [2.45, 2.75) is 24.8 Å². The summed E-state index contributed by atoms with van der Waals surface area (Å²) >= 11 is 0. The van der Waals surface area contributed by atoms with Crippen LogP contribution in [0.15, 0.2) is 83.8 Å². The Balaban J connectivity index is 1.94. The van der Waals surface area contributed by atoms with Gasteiger partial charge in [0.1, 0.15) is 5.75 Å². The van der Waals surface area contributed by atoms with Crippen LogP contribution < -0.4 is 9.46 Å². The van der Waals surface area contributed by atoms with Gasteiger partial charge in [0.15, 0.2) is 0 Å². The van der Waals surface area contributed by atoms with Gasteiger partial charge in [-0.3, -0.25) is 0 Å². The molecule has 140 valence electrons. The fourth-order valence-electron chi connectivity index (χ4n) is 2.84. The molecule has 3 aromatic carbocycles. The maximum atomic E-state index is 13.0. The van der Waals surface area contributed by atoms with Gasteiger partial charge in [-0.2, -0.15) is 4.72 Å². The molecule has 0 spiro atoms. The van der Waals surface area contributed by atoms with Gasteiger partial charge in [0.2, 0.25) is 10.0 Å². The molecule has 5 heteroatoms. The molecule has 0 radical (unpaired) electrons. The summed E-state index contributed by atoms with van der Waals surface area (Å²) in [6.45, 7) is 4.43.